The van der Waals surface area contributed by atoms with E-state index in [1.54, 1.807) is 0 Å². The predicted molar refractivity (Wildman–Crippen MR) is 66.2 cm³/mol. The normalized spacial score (nSPS) is 23.0. The van der Waals surface area contributed by atoms with Crippen molar-refractivity contribution in [3.63, 3.8) is 0 Å². The zero-order valence-corrected chi connectivity index (χ0v) is 10.5. The molecule has 1 fully saturated rings. The first-order valence-electron chi connectivity index (χ1n) is 7.05. The Morgan fingerprint density at radius 1 is 0.733 bits per heavy atom. The van der Waals surface area contributed by atoms with Crippen molar-refractivity contribution in [3.8, 4) is 0 Å². The van der Waals surface area contributed by atoms with Crippen LogP contribution in [0, 0.1) is 0 Å². The highest BCUT2D eigenvalue weighted by Crippen LogP contribution is 2.18. The van der Waals surface area contributed by atoms with Crippen molar-refractivity contribution in [1.82, 2.24) is 0 Å². The Morgan fingerprint density at radius 2 is 1.13 bits per heavy atom. The molecule has 15 heavy (non-hydrogen) atoms. The fourth-order valence-electron chi connectivity index (χ4n) is 2.53. The quantitative estimate of drug-likeness (QED) is 0.645. The molecular weight excluding hydrogens is 184 g/mol. The van der Waals surface area contributed by atoms with Crippen LogP contribution < -0.4 is 0 Å². The molecule has 0 atom stereocenters. The van der Waals surface area contributed by atoms with Crippen molar-refractivity contribution in [2.75, 3.05) is 6.61 Å². The van der Waals surface area contributed by atoms with Gasteiger partial charge < -0.3 is 4.74 Å². The van der Waals surface area contributed by atoms with Gasteiger partial charge in [0.1, 0.15) is 0 Å². The van der Waals surface area contributed by atoms with E-state index in [0.29, 0.717) is 6.10 Å². The summed E-state index contributed by atoms with van der Waals surface area (Å²) in [7, 11) is 0. The molecule has 1 aliphatic carbocycles. The summed E-state index contributed by atoms with van der Waals surface area (Å²) in [6, 6.07) is 0. The molecule has 0 unspecified atom stereocenters. The van der Waals surface area contributed by atoms with E-state index in [1.165, 1.54) is 70.6 Å². The molecule has 0 radical (unpaired) electrons. The number of hydrogen-bond acceptors (Lipinski definition) is 1. The van der Waals surface area contributed by atoms with E-state index >= 15 is 0 Å². The van der Waals surface area contributed by atoms with Crippen molar-refractivity contribution >= 4 is 0 Å². The summed E-state index contributed by atoms with van der Waals surface area (Å²) in [5, 5.41) is 0. The number of hydrogen-bond donors (Lipinski definition) is 0. The van der Waals surface area contributed by atoms with Gasteiger partial charge in [-0.1, -0.05) is 57.8 Å². The van der Waals surface area contributed by atoms with Crippen molar-refractivity contribution in [3.05, 3.63) is 0 Å². The largest absolute Gasteiger partial charge is 0.379 e. The average molecular weight is 212 g/mol. The van der Waals surface area contributed by atoms with Crippen LogP contribution in [0.25, 0.3) is 0 Å². The summed E-state index contributed by atoms with van der Waals surface area (Å²) in [6.45, 7) is 3.01. The van der Waals surface area contributed by atoms with Gasteiger partial charge in [0.05, 0.1) is 6.10 Å². The molecule has 1 saturated carbocycles. The van der Waals surface area contributed by atoms with Crippen LogP contribution in [0.15, 0.2) is 0 Å². The van der Waals surface area contributed by atoms with Crippen LogP contribution in [0.2, 0.25) is 0 Å². The van der Waals surface area contributed by atoms with E-state index in [1.807, 2.05) is 0 Å². The lowest BCUT2D eigenvalue weighted by atomic mass is 9.99. The minimum Gasteiger partial charge on any atom is -0.379 e. The van der Waals surface area contributed by atoms with Crippen molar-refractivity contribution in [1.29, 1.82) is 0 Å². The summed E-state index contributed by atoms with van der Waals surface area (Å²) < 4.78 is 5.79. The molecule has 90 valence electrons. The van der Waals surface area contributed by atoms with Gasteiger partial charge in [-0.15, -0.1) is 0 Å². The van der Waals surface area contributed by atoms with Gasteiger partial charge in [0.2, 0.25) is 0 Å². The lowest BCUT2D eigenvalue weighted by Crippen LogP contribution is -2.13. The van der Waals surface area contributed by atoms with E-state index in [9.17, 15) is 0 Å². The Balaban J connectivity index is 2.19. The van der Waals surface area contributed by atoms with Crippen LogP contribution in [-0.4, -0.2) is 12.7 Å². The Hall–Kier alpha value is -0.0400. The molecule has 0 aliphatic heterocycles. The van der Waals surface area contributed by atoms with Crippen LogP contribution in [0.4, 0.5) is 0 Å². The minimum absolute atomic E-state index is 0.564. The Bertz CT molecular complexity index is 121. The third kappa shape index (κ3) is 6.94. The topological polar surface area (TPSA) is 9.23 Å². The van der Waals surface area contributed by atoms with Crippen LogP contribution >= 0.6 is 0 Å². The van der Waals surface area contributed by atoms with E-state index < -0.39 is 0 Å². The lowest BCUT2D eigenvalue weighted by Gasteiger charge is -2.17. The third-order valence-corrected chi connectivity index (χ3v) is 3.45. The van der Waals surface area contributed by atoms with Gasteiger partial charge in [0, 0.05) is 6.61 Å². The molecular formula is C14H28O. The van der Waals surface area contributed by atoms with Crippen molar-refractivity contribution < 1.29 is 4.74 Å². The SMILES string of the molecule is CCOC1CCCCCCCCCCC1. The Morgan fingerprint density at radius 3 is 1.53 bits per heavy atom. The van der Waals surface area contributed by atoms with Gasteiger partial charge in [-0.25, -0.2) is 0 Å². The second-order valence-electron chi connectivity index (χ2n) is 4.84. The molecule has 0 saturated heterocycles. The van der Waals surface area contributed by atoms with E-state index in [4.69, 9.17) is 4.74 Å². The summed E-state index contributed by atoms with van der Waals surface area (Å²) in [5.41, 5.74) is 0. The number of ether oxygens (including phenoxy) is 1. The molecule has 0 aromatic heterocycles. The molecule has 1 rings (SSSR count). The van der Waals surface area contributed by atoms with E-state index in [2.05, 4.69) is 6.92 Å². The molecule has 1 heteroatoms. The summed E-state index contributed by atoms with van der Waals surface area (Å²) in [6.07, 6.45) is 16.0. The molecule has 0 heterocycles. The first kappa shape index (κ1) is 13.0. The van der Waals surface area contributed by atoms with E-state index in [0.717, 1.165) is 6.61 Å². The second-order valence-corrected chi connectivity index (χ2v) is 4.84. The summed E-state index contributed by atoms with van der Waals surface area (Å²) in [5.74, 6) is 0. The predicted octanol–water partition coefficient (Wildman–Crippen LogP) is 4.70. The van der Waals surface area contributed by atoms with Crippen LogP contribution in [0.1, 0.15) is 77.6 Å². The Kier molecular flexibility index (Phi) is 7.99. The molecule has 0 N–H and O–H groups in total. The maximum atomic E-state index is 5.79. The molecule has 0 bridgehead atoms. The van der Waals surface area contributed by atoms with Gasteiger partial charge in [-0.3, -0.25) is 0 Å². The zero-order valence-electron chi connectivity index (χ0n) is 10.5. The van der Waals surface area contributed by atoms with Gasteiger partial charge >= 0.3 is 0 Å². The first-order valence-corrected chi connectivity index (χ1v) is 7.05. The molecule has 0 amide bonds. The molecule has 0 aromatic rings. The fraction of sp³-hybridized carbons (Fsp3) is 1.00. The molecule has 1 nitrogen and oxygen atoms in total. The maximum Gasteiger partial charge on any atom is 0.0575 e. The van der Waals surface area contributed by atoms with Crippen molar-refractivity contribution in [2.45, 2.75) is 83.7 Å². The van der Waals surface area contributed by atoms with Gasteiger partial charge in [-0.2, -0.15) is 0 Å². The van der Waals surface area contributed by atoms with Crippen molar-refractivity contribution in [2.24, 2.45) is 0 Å². The monoisotopic (exact) mass is 212 g/mol. The average Bonchev–Trinajstić information content (AvgIpc) is 2.22. The molecule has 0 aromatic carbocycles. The zero-order chi connectivity index (χ0) is 10.8. The first-order chi connectivity index (χ1) is 7.43. The van der Waals surface area contributed by atoms with E-state index in [-0.39, 0.29) is 0 Å². The fourth-order valence-corrected chi connectivity index (χ4v) is 2.53. The van der Waals surface area contributed by atoms with Crippen LogP contribution in [0.5, 0.6) is 0 Å². The second kappa shape index (κ2) is 9.21. The lowest BCUT2D eigenvalue weighted by molar-refractivity contribution is 0.0468. The molecule has 1 aliphatic rings. The van der Waals surface area contributed by atoms with Gasteiger partial charge in [0.25, 0.3) is 0 Å². The van der Waals surface area contributed by atoms with Crippen LogP contribution in [-0.2, 0) is 4.74 Å². The smallest absolute Gasteiger partial charge is 0.0575 e. The highest BCUT2D eigenvalue weighted by atomic mass is 16.5. The van der Waals surface area contributed by atoms with Crippen LogP contribution in [0.3, 0.4) is 0 Å². The third-order valence-electron chi connectivity index (χ3n) is 3.45. The van der Waals surface area contributed by atoms with Gasteiger partial charge in [-0.05, 0) is 19.8 Å². The summed E-state index contributed by atoms with van der Waals surface area (Å²) >= 11 is 0. The van der Waals surface area contributed by atoms with Gasteiger partial charge in [0.15, 0.2) is 0 Å². The summed E-state index contributed by atoms with van der Waals surface area (Å²) in [4.78, 5) is 0. The highest BCUT2D eigenvalue weighted by Gasteiger charge is 2.08. The maximum absolute atomic E-state index is 5.79. The standard InChI is InChI=1S/C14H28O/c1-2-15-14-12-10-8-6-4-3-5-7-9-11-13-14/h14H,2-13H2,1H3. The molecule has 0 spiro atoms. The Labute approximate surface area is 95.6 Å². The number of rotatable bonds is 2. The highest BCUT2D eigenvalue weighted by molar-refractivity contribution is 4.61. The minimum atomic E-state index is 0.564.